The molecule has 0 unspecified atom stereocenters. The number of methoxy groups -OCH3 is 2. The first-order chi connectivity index (χ1) is 18.6. The van der Waals surface area contributed by atoms with Crippen LogP contribution in [0.2, 0.25) is 0 Å². The van der Waals surface area contributed by atoms with Crippen LogP contribution < -0.4 is 19.1 Å². The van der Waals surface area contributed by atoms with E-state index in [-0.39, 0.29) is 28.8 Å². The highest BCUT2D eigenvalue weighted by atomic mass is 32.2. The van der Waals surface area contributed by atoms with Crippen molar-refractivity contribution >= 4 is 27.5 Å². The Kier molecular flexibility index (Phi) is 9.95. The normalized spacial score (nSPS) is 11.8. The van der Waals surface area contributed by atoms with Crippen LogP contribution in [0.3, 0.4) is 0 Å². The minimum absolute atomic E-state index is 0.00420. The number of rotatable bonds is 12. The van der Waals surface area contributed by atoms with Gasteiger partial charge in [0.2, 0.25) is 11.8 Å². The second kappa shape index (κ2) is 13.1. The first kappa shape index (κ1) is 29.5. The van der Waals surface area contributed by atoms with Crippen molar-refractivity contribution in [2.24, 2.45) is 0 Å². The van der Waals surface area contributed by atoms with E-state index in [1.807, 2.05) is 31.2 Å². The summed E-state index contributed by atoms with van der Waals surface area (Å²) in [6, 6.07) is 19.3. The number of nitrogens with one attached hydrogen (secondary N) is 1. The Morgan fingerprint density at radius 2 is 1.62 bits per heavy atom. The van der Waals surface area contributed by atoms with Crippen molar-refractivity contribution in [1.29, 1.82) is 0 Å². The zero-order chi connectivity index (χ0) is 28.6. The van der Waals surface area contributed by atoms with Crippen molar-refractivity contribution in [3.05, 3.63) is 83.9 Å². The average molecular weight is 554 g/mol. The van der Waals surface area contributed by atoms with Gasteiger partial charge in [0.25, 0.3) is 10.0 Å². The van der Waals surface area contributed by atoms with E-state index < -0.39 is 28.5 Å². The van der Waals surface area contributed by atoms with Crippen molar-refractivity contribution in [2.75, 3.05) is 31.6 Å². The molecule has 3 aromatic carbocycles. The van der Waals surface area contributed by atoms with Gasteiger partial charge >= 0.3 is 0 Å². The maximum Gasteiger partial charge on any atom is 0.264 e. The number of amides is 2. The molecule has 0 saturated carbocycles. The highest BCUT2D eigenvalue weighted by Crippen LogP contribution is 2.36. The van der Waals surface area contributed by atoms with Crippen LogP contribution in [0.15, 0.2) is 77.7 Å². The Bertz CT molecular complexity index is 1380. The lowest BCUT2D eigenvalue weighted by Gasteiger charge is -2.32. The molecule has 2 amide bonds. The lowest BCUT2D eigenvalue weighted by Crippen LogP contribution is -2.51. The first-order valence-electron chi connectivity index (χ1n) is 12.5. The van der Waals surface area contributed by atoms with Gasteiger partial charge in [0.05, 0.1) is 24.8 Å². The van der Waals surface area contributed by atoms with Gasteiger partial charge < -0.3 is 19.7 Å². The molecule has 0 radical (unpaired) electrons. The first-order valence-corrected chi connectivity index (χ1v) is 14.0. The van der Waals surface area contributed by atoms with E-state index in [4.69, 9.17) is 9.47 Å². The number of anilines is 1. The molecule has 1 atom stereocenters. The van der Waals surface area contributed by atoms with Crippen molar-refractivity contribution in [3.63, 3.8) is 0 Å². The molecule has 0 spiro atoms. The van der Waals surface area contributed by atoms with Gasteiger partial charge in [0, 0.05) is 19.2 Å². The smallest absolute Gasteiger partial charge is 0.264 e. The van der Waals surface area contributed by atoms with Gasteiger partial charge in [-0.25, -0.2) is 8.42 Å². The number of ether oxygens (including phenoxy) is 2. The number of carbonyl (C=O) groups is 2. The molecule has 0 aliphatic rings. The molecule has 0 aromatic heterocycles. The lowest BCUT2D eigenvalue weighted by molar-refractivity contribution is -0.139. The Hall–Kier alpha value is -4.05. The van der Waals surface area contributed by atoms with Gasteiger partial charge in [0.1, 0.15) is 24.1 Å². The molecular weight excluding hydrogens is 518 g/mol. The van der Waals surface area contributed by atoms with E-state index in [2.05, 4.69) is 5.32 Å². The minimum Gasteiger partial charge on any atom is -0.497 e. The van der Waals surface area contributed by atoms with E-state index in [1.165, 1.54) is 37.3 Å². The van der Waals surface area contributed by atoms with Crippen molar-refractivity contribution in [3.8, 4) is 11.5 Å². The number of aryl methyl sites for hydroxylation is 1. The number of sulfonamides is 1. The van der Waals surface area contributed by atoms with Crippen LogP contribution in [0.25, 0.3) is 0 Å². The molecule has 0 saturated heterocycles. The maximum atomic E-state index is 13.9. The number of hydrogen-bond acceptors (Lipinski definition) is 6. The molecule has 0 aliphatic heterocycles. The van der Waals surface area contributed by atoms with Gasteiger partial charge in [-0.3, -0.25) is 13.9 Å². The third kappa shape index (κ3) is 7.08. The molecule has 1 N–H and O–H groups in total. The van der Waals surface area contributed by atoms with E-state index in [9.17, 15) is 18.0 Å². The zero-order valence-electron chi connectivity index (χ0n) is 22.9. The highest BCUT2D eigenvalue weighted by molar-refractivity contribution is 7.92. The van der Waals surface area contributed by atoms with Crippen molar-refractivity contribution in [1.82, 2.24) is 10.2 Å². The van der Waals surface area contributed by atoms with Gasteiger partial charge in [-0.05, 0) is 50.6 Å². The third-order valence-electron chi connectivity index (χ3n) is 6.26. The number of benzene rings is 3. The zero-order valence-corrected chi connectivity index (χ0v) is 23.7. The molecular formula is C29H35N3O6S. The summed E-state index contributed by atoms with van der Waals surface area (Å²) in [4.78, 5) is 28.2. The fraction of sp³-hybridized carbons (Fsp3) is 0.310. The summed E-state index contributed by atoms with van der Waals surface area (Å²) in [5.41, 5.74) is 2.00. The Morgan fingerprint density at radius 1 is 0.949 bits per heavy atom. The van der Waals surface area contributed by atoms with Crippen molar-refractivity contribution in [2.45, 2.75) is 38.3 Å². The average Bonchev–Trinajstić information content (AvgIpc) is 2.95. The quantitative estimate of drug-likeness (QED) is 0.366. The number of nitrogens with zero attached hydrogens (tertiary/aromatic N) is 2. The van der Waals surface area contributed by atoms with E-state index >= 15 is 0 Å². The molecule has 0 bridgehead atoms. The summed E-state index contributed by atoms with van der Waals surface area (Å²) in [6.45, 7) is 5.31. The molecule has 39 heavy (non-hydrogen) atoms. The molecule has 0 heterocycles. The van der Waals surface area contributed by atoms with Gasteiger partial charge in [-0.15, -0.1) is 0 Å². The topological polar surface area (TPSA) is 105 Å². The van der Waals surface area contributed by atoms with Gasteiger partial charge in [-0.1, -0.05) is 48.0 Å². The molecule has 0 fully saturated rings. The SMILES string of the molecule is CCNC(=O)[C@H](C)N(Cc1ccc(C)cc1)C(=O)CN(c1cc(OC)ccc1OC)S(=O)(=O)c1ccccc1. The summed E-state index contributed by atoms with van der Waals surface area (Å²) in [6.07, 6.45) is 0. The van der Waals surface area contributed by atoms with Crippen LogP contribution in [0.1, 0.15) is 25.0 Å². The van der Waals surface area contributed by atoms with Gasteiger partial charge in [-0.2, -0.15) is 0 Å². The Labute approximate surface area is 230 Å². The van der Waals surface area contributed by atoms with E-state index in [0.717, 1.165) is 15.4 Å². The second-order valence-electron chi connectivity index (χ2n) is 8.94. The summed E-state index contributed by atoms with van der Waals surface area (Å²) in [5, 5.41) is 2.75. The lowest BCUT2D eigenvalue weighted by atomic mass is 10.1. The largest absolute Gasteiger partial charge is 0.497 e. The maximum absolute atomic E-state index is 13.9. The van der Waals surface area contributed by atoms with Crippen molar-refractivity contribution < 1.29 is 27.5 Å². The number of likely N-dealkylation sites (N-methyl/N-ethyl adjacent to an activating group) is 1. The molecule has 208 valence electrons. The molecule has 3 aromatic rings. The van der Waals surface area contributed by atoms with Gasteiger partial charge in [0.15, 0.2) is 0 Å². The summed E-state index contributed by atoms with van der Waals surface area (Å²) >= 11 is 0. The second-order valence-corrected chi connectivity index (χ2v) is 10.8. The number of hydrogen-bond donors (Lipinski definition) is 1. The fourth-order valence-corrected chi connectivity index (χ4v) is 5.46. The highest BCUT2D eigenvalue weighted by Gasteiger charge is 2.34. The van der Waals surface area contributed by atoms with Crippen LogP contribution in [0.5, 0.6) is 11.5 Å². The van der Waals surface area contributed by atoms with Crippen LogP contribution in [0.4, 0.5) is 5.69 Å². The van der Waals surface area contributed by atoms with Crippen LogP contribution in [-0.2, 0) is 26.2 Å². The minimum atomic E-state index is -4.23. The molecule has 0 aliphatic carbocycles. The molecule has 3 rings (SSSR count). The predicted molar refractivity (Wildman–Crippen MR) is 150 cm³/mol. The Balaban J connectivity index is 2.10. The molecule has 9 nitrogen and oxygen atoms in total. The van der Waals surface area contributed by atoms with Crippen LogP contribution in [0, 0.1) is 6.92 Å². The van der Waals surface area contributed by atoms with E-state index in [0.29, 0.717) is 12.3 Å². The van der Waals surface area contributed by atoms with Crippen LogP contribution in [-0.4, -0.2) is 58.5 Å². The monoisotopic (exact) mass is 553 g/mol. The summed E-state index contributed by atoms with van der Waals surface area (Å²) in [5.74, 6) is -0.267. The predicted octanol–water partition coefficient (Wildman–Crippen LogP) is 3.76. The summed E-state index contributed by atoms with van der Waals surface area (Å²) in [7, 11) is -1.34. The van der Waals surface area contributed by atoms with E-state index in [1.54, 1.807) is 44.2 Å². The van der Waals surface area contributed by atoms with Crippen LogP contribution >= 0.6 is 0 Å². The molecule has 10 heteroatoms. The Morgan fingerprint density at radius 3 is 2.21 bits per heavy atom. The fourth-order valence-electron chi connectivity index (χ4n) is 4.02. The number of carbonyl (C=O) groups excluding carboxylic acids is 2. The standard InChI is InChI=1S/C29H35N3O6S/c1-6-30-29(34)22(3)31(19-23-14-12-21(2)13-15-23)28(33)20-32(39(35,36)25-10-8-7-9-11-25)26-18-24(37-4)16-17-27(26)38-5/h7-18,22H,6,19-20H2,1-5H3,(H,30,34)/t22-/m0/s1. The summed E-state index contributed by atoms with van der Waals surface area (Å²) < 4.78 is 39.7. The third-order valence-corrected chi connectivity index (χ3v) is 8.03.